The highest BCUT2D eigenvalue weighted by Gasteiger charge is 2.18. The Balaban J connectivity index is 2.68. The first-order chi connectivity index (χ1) is 7.48. The number of hydrogen-bond donors (Lipinski definition) is 2. The van der Waals surface area contributed by atoms with E-state index in [2.05, 4.69) is 15.9 Å². The predicted molar refractivity (Wildman–Crippen MR) is 68.4 cm³/mol. The summed E-state index contributed by atoms with van der Waals surface area (Å²) in [6, 6.07) is 5.64. The molecule has 1 aromatic carbocycles. The molecule has 1 rings (SSSR count). The highest BCUT2D eigenvalue weighted by atomic mass is 79.9. The van der Waals surface area contributed by atoms with Crippen LogP contribution in [0.15, 0.2) is 22.7 Å². The maximum Gasteiger partial charge on any atom is 0.119 e. The van der Waals surface area contributed by atoms with Gasteiger partial charge in [-0.1, -0.05) is 22.9 Å². The molecule has 0 bridgehead atoms. The smallest absolute Gasteiger partial charge is 0.119 e. The molecule has 0 aliphatic carbocycles. The molecule has 1 atom stereocenters. The molecule has 1 unspecified atom stereocenters. The zero-order chi connectivity index (χ0) is 12.2. The van der Waals surface area contributed by atoms with Gasteiger partial charge < -0.3 is 15.6 Å². The average Bonchev–Trinajstić information content (AvgIpc) is 2.28. The van der Waals surface area contributed by atoms with E-state index in [0.29, 0.717) is 13.0 Å². The SMILES string of the molecule is CCC(C)(O)COc1ccc(Br)c(CN)c1. The van der Waals surface area contributed by atoms with Gasteiger partial charge in [0, 0.05) is 11.0 Å². The Labute approximate surface area is 105 Å². The van der Waals surface area contributed by atoms with Crippen molar-refractivity contribution in [3.8, 4) is 5.75 Å². The Bertz CT molecular complexity index is 353. The van der Waals surface area contributed by atoms with Gasteiger partial charge in [0.15, 0.2) is 0 Å². The van der Waals surface area contributed by atoms with Crippen molar-refractivity contribution in [2.24, 2.45) is 5.73 Å². The van der Waals surface area contributed by atoms with E-state index in [1.54, 1.807) is 6.92 Å². The van der Waals surface area contributed by atoms with Crippen LogP contribution in [0.5, 0.6) is 5.75 Å². The summed E-state index contributed by atoms with van der Waals surface area (Å²) in [4.78, 5) is 0. The Kier molecular flexibility index (Phi) is 4.77. The minimum absolute atomic E-state index is 0.287. The van der Waals surface area contributed by atoms with Crippen molar-refractivity contribution < 1.29 is 9.84 Å². The first kappa shape index (κ1) is 13.5. The van der Waals surface area contributed by atoms with E-state index in [0.717, 1.165) is 15.8 Å². The number of benzene rings is 1. The number of aliphatic hydroxyl groups is 1. The van der Waals surface area contributed by atoms with Crippen molar-refractivity contribution in [1.29, 1.82) is 0 Å². The molecule has 0 amide bonds. The summed E-state index contributed by atoms with van der Waals surface area (Å²) in [5.41, 5.74) is 5.81. The quantitative estimate of drug-likeness (QED) is 0.875. The van der Waals surface area contributed by atoms with Gasteiger partial charge in [-0.05, 0) is 37.1 Å². The van der Waals surface area contributed by atoms with Crippen molar-refractivity contribution in [3.63, 3.8) is 0 Å². The van der Waals surface area contributed by atoms with Gasteiger partial charge in [0.25, 0.3) is 0 Å². The Morgan fingerprint density at radius 2 is 2.19 bits per heavy atom. The minimum atomic E-state index is -0.782. The lowest BCUT2D eigenvalue weighted by molar-refractivity contribution is 0.00844. The van der Waals surface area contributed by atoms with E-state index in [9.17, 15) is 5.11 Å². The largest absolute Gasteiger partial charge is 0.491 e. The lowest BCUT2D eigenvalue weighted by Crippen LogP contribution is -2.31. The van der Waals surface area contributed by atoms with Crippen molar-refractivity contribution in [1.82, 2.24) is 0 Å². The molecular weight excluding hydrogens is 270 g/mol. The summed E-state index contributed by atoms with van der Waals surface area (Å²) in [6.07, 6.45) is 0.660. The van der Waals surface area contributed by atoms with Crippen LogP contribution in [0.1, 0.15) is 25.8 Å². The third-order valence-electron chi connectivity index (χ3n) is 2.55. The third kappa shape index (κ3) is 3.77. The van der Waals surface area contributed by atoms with E-state index < -0.39 is 5.60 Å². The van der Waals surface area contributed by atoms with Crippen LogP contribution < -0.4 is 10.5 Å². The summed E-state index contributed by atoms with van der Waals surface area (Å²) >= 11 is 3.41. The molecule has 0 spiro atoms. The van der Waals surface area contributed by atoms with Crippen LogP contribution in [0, 0.1) is 0 Å². The normalized spacial score (nSPS) is 14.6. The summed E-state index contributed by atoms with van der Waals surface area (Å²) in [5.74, 6) is 0.734. The van der Waals surface area contributed by atoms with Crippen LogP contribution in [0.25, 0.3) is 0 Å². The summed E-state index contributed by atoms with van der Waals surface area (Å²) < 4.78 is 6.51. The predicted octanol–water partition coefficient (Wildman–Crippen LogP) is 2.45. The van der Waals surface area contributed by atoms with E-state index in [4.69, 9.17) is 10.5 Å². The maximum absolute atomic E-state index is 9.81. The Morgan fingerprint density at radius 3 is 2.75 bits per heavy atom. The molecule has 0 saturated heterocycles. The zero-order valence-corrected chi connectivity index (χ0v) is 11.3. The number of rotatable bonds is 5. The zero-order valence-electron chi connectivity index (χ0n) is 9.66. The summed E-state index contributed by atoms with van der Waals surface area (Å²) in [5, 5.41) is 9.81. The van der Waals surface area contributed by atoms with E-state index in [-0.39, 0.29) is 6.61 Å². The monoisotopic (exact) mass is 287 g/mol. The van der Waals surface area contributed by atoms with Crippen molar-refractivity contribution in [2.45, 2.75) is 32.4 Å². The molecular formula is C12H18BrNO2. The highest BCUT2D eigenvalue weighted by Crippen LogP contribution is 2.23. The van der Waals surface area contributed by atoms with Gasteiger partial charge in [-0.2, -0.15) is 0 Å². The molecule has 0 aromatic heterocycles. The van der Waals surface area contributed by atoms with Gasteiger partial charge in [0.05, 0.1) is 5.60 Å². The topological polar surface area (TPSA) is 55.5 Å². The van der Waals surface area contributed by atoms with Crippen LogP contribution in [-0.4, -0.2) is 17.3 Å². The summed E-state index contributed by atoms with van der Waals surface area (Å²) in [7, 11) is 0. The second-order valence-corrected chi connectivity index (χ2v) is 4.95. The maximum atomic E-state index is 9.81. The molecule has 0 aliphatic rings. The van der Waals surface area contributed by atoms with Gasteiger partial charge in [-0.25, -0.2) is 0 Å². The van der Waals surface area contributed by atoms with Gasteiger partial charge in [-0.15, -0.1) is 0 Å². The lowest BCUT2D eigenvalue weighted by Gasteiger charge is -2.21. The second kappa shape index (κ2) is 5.66. The van der Waals surface area contributed by atoms with Gasteiger partial charge in [0.2, 0.25) is 0 Å². The number of ether oxygens (including phenoxy) is 1. The van der Waals surface area contributed by atoms with Crippen molar-refractivity contribution in [2.75, 3.05) is 6.61 Å². The van der Waals surface area contributed by atoms with Crippen molar-refractivity contribution >= 4 is 15.9 Å². The van der Waals surface area contributed by atoms with E-state index in [1.807, 2.05) is 25.1 Å². The Morgan fingerprint density at radius 1 is 1.50 bits per heavy atom. The van der Waals surface area contributed by atoms with Gasteiger partial charge in [0.1, 0.15) is 12.4 Å². The molecule has 16 heavy (non-hydrogen) atoms. The molecule has 0 heterocycles. The molecule has 0 aliphatic heterocycles. The molecule has 3 N–H and O–H groups in total. The molecule has 0 fully saturated rings. The second-order valence-electron chi connectivity index (χ2n) is 4.10. The van der Waals surface area contributed by atoms with Gasteiger partial charge >= 0.3 is 0 Å². The minimum Gasteiger partial charge on any atom is -0.491 e. The van der Waals surface area contributed by atoms with Crippen LogP contribution in [-0.2, 0) is 6.54 Å². The summed E-state index contributed by atoms with van der Waals surface area (Å²) in [6.45, 7) is 4.43. The first-order valence-corrected chi connectivity index (χ1v) is 6.11. The fraction of sp³-hybridized carbons (Fsp3) is 0.500. The van der Waals surface area contributed by atoms with E-state index >= 15 is 0 Å². The van der Waals surface area contributed by atoms with Gasteiger partial charge in [-0.3, -0.25) is 0 Å². The standard InChI is InChI=1S/C12H18BrNO2/c1-3-12(2,15)8-16-10-4-5-11(13)9(6-10)7-14/h4-6,15H,3,7-8,14H2,1-2H3. The molecule has 0 radical (unpaired) electrons. The van der Waals surface area contributed by atoms with Crippen LogP contribution in [0.3, 0.4) is 0 Å². The lowest BCUT2D eigenvalue weighted by atomic mass is 10.1. The molecule has 1 aromatic rings. The first-order valence-electron chi connectivity index (χ1n) is 5.32. The van der Waals surface area contributed by atoms with E-state index in [1.165, 1.54) is 0 Å². The fourth-order valence-electron chi connectivity index (χ4n) is 1.14. The molecule has 0 saturated carbocycles. The average molecular weight is 288 g/mol. The number of nitrogens with two attached hydrogens (primary N) is 1. The third-order valence-corrected chi connectivity index (χ3v) is 3.32. The number of halogens is 1. The fourth-order valence-corrected chi connectivity index (χ4v) is 1.55. The Hall–Kier alpha value is -0.580. The molecule has 3 nitrogen and oxygen atoms in total. The van der Waals surface area contributed by atoms with Crippen LogP contribution in [0.2, 0.25) is 0 Å². The molecule has 90 valence electrons. The molecule has 4 heteroatoms. The van der Waals surface area contributed by atoms with Crippen LogP contribution in [0.4, 0.5) is 0 Å². The highest BCUT2D eigenvalue weighted by molar-refractivity contribution is 9.10. The number of hydrogen-bond acceptors (Lipinski definition) is 3. The van der Waals surface area contributed by atoms with Crippen LogP contribution >= 0.6 is 15.9 Å². The van der Waals surface area contributed by atoms with Crippen molar-refractivity contribution in [3.05, 3.63) is 28.2 Å².